The molecule has 1 amide bonds. The van der Waals surface area contributed by atoms with Gasteiger partial charge in [-0.25, -0.2) is 4.98 Å². The molecule has 2 aromatic heterocycles. The lowest BCUT2D eigenvalue weighted by Crippen LogP contribution is -2.38. The number of rotatable bonds is 2. The van der Waals surface area contributed by atoms with E-state index in [-0.39, 0.29) is 11.5 Å². The van der Waals surface area contributed by atoms with Crippen LogP contribution in [0.3, 0.4) is 0 Å². The fourth-order valence-electron chi connectivity index (χ4n) is 2.73. The number of carbonyl (C=O) groups excluding carboxylic acids is 1. The molecule has 1 aliphatic rings. The highest BCUT2D eigenvalue weighted by Gasteiger charge is 2.30. The van der Waals surface area contributed by atoms with Crippen LogP contribution in [0.15, 0.2) is 50.8 Å². The molecule has 126 valence electrons. The first kappa shape index (κ1) is 16.0. The summed E-state index contributed by atoms with van der Waals surface area (Å²) in [5.74, 6) is -0.150. The monoisotopic (exact) mass is 370 g/mol. The summed E-state index contributed by atoms with van der Waals surface area (Å²) in [4.78, 5) is 30.3. The highest BCUT2D eigenvalue weighted by Crippen LogP contribution is 2.34. The summed E-state index contributed by atoms with van der Waals surface area (Å²) in [5, 5.41) is 9.44. The zero-order valence-electron chi connectivity index (χ0n) is 13.5. The number of amides is 1. The molecule has 6 nitrogen and oxygen atoms in total. The van der Waals surface area contributed by atoms with Crippen molar-refractivity contribution in [2.24, 2.45) is 5.10 Å². The van der Waals surface area contributed by atoms with Gasteiger partial charge in [0.1, 0.15) is 10.1 Å². The predicted octanol–water partition coefficient (Wildman–Crippen LogP) is 2.57. The van der Waals surface area contributed by atoms with Gasteiger partial charge in [-0.2, -0.15) is 9.78 Å². The quantitative estimate of drug-likeness (QED) is 0.704. The Morgan fingerprint density at radius 1 is 1.28 bits per heavy atom. The number of thiophene rings is 1. The molecule has 3 heterocycles. The highest BCUT2D eigenvalue weighted by atomic mass is 32.2. The standard InChI is InChI=1S/C17H14N4O2S2/c1-9-13(14(22)18-2)25-17-19-15-12(16(23)21(17)20-9)11(8-24-15)10-6-4-3-5-7-10/h3-8,13H,1-2H3,(H,18,22)/t13-/m0/s1. The average molecular weight is 370 g/mol. The van der Waals surface area contributed by atoms with Gasteiger partial charge in [0.15, 0.2) is 5.16 Å². The molecule has 4 rings (SSSR count). The third kappa shape index (κ3) is 2.58. The Morgan fingerprint density at radius 2 is 2.04 bits per heavy atom. The Bertz CT molecular complexity index is 1070. The molecule has 0 aliphatic carbocycles. The summed E-state index contributed by atoms with van der Waals surface area (Å²) >= 11 is 2.67. The molecule has 25 heavy (non-hydrogen) atoms. The van der Waals surface area contributed by atoms with Crippen LogP contribution in [0.4, 0.5) is 0 Å². The summed E-state index contributed by atoms with van der Waals surface area (Å²) in [6, 6.07) is 9.75. The second-order valence-corrected chi connectivity index (χ2v) is 7.49. The van der Waals surface area contributed by atoms with Gasteiger partial charge in [-0.1, -0.05) is 42.1 Å². The Morgan fingerprint density at radius 3 is 2.76 bits per heavy atom. The maximum Gasteiger partial charge on any atom is 0.284 e. The Balaban J connectivity index is 1.92. The van der Waals surface area contributed by atoms with Gasteiger partial charge in [0.05, 0.1) is 11.1 Å². The van der Waals surface area contributed by atoms with E-state index in [2.05, 4.69) is 15.4 Å². The number of aromatic nitrogens is 2. The molecular weight excluding hydrogens is 356 g/mol. The maximum absolute atomic E-state index is 13.0. The number of nitrogens with zero attached hydrogens (tertiary/aromatic N) is 3. The van der Waals surface area contributed by atoms with Crippen molar-refractivity contribution < 1.29 is 4.79 Å². The third-order valence-corrected chi connectivity index (χ3v) is 6.12. The molecule has 1 N–H and O–H groups in total. The largest absolute Gasteiger partial charge is 0.358 e. The highest BCUT2D eigenvalue weighted by molar-refractivity contribution is 8.01. The van der Waals surface area contributed by atoms with Crippen molar-refractivity contribution in [2.75, 3.05) is 7.05 Å². The molecule has 0 unspecified atom stereocenters. The van der Waals surface area contributed by atoms with E-state index < -0.39 is 5.25 Å². The van der Waals surface area contributed by atoms with Gasteiger partial charge in [-0.3, -0.25) is 9.59 Å². The summed E-state index contributed by atoms with van der Waals surface area (Å²) in [7, 11) is 1.58. The second kappa shape index (κ2) is 6.12. The molecule has 0 radical (unpaired) electrons. The van der Waals surface area contributed by atoms with Crippen LogP contribution in [-0.2, 0) is 4.79 Å². The van der Waals surface area contributed by atoms with Crippen LogP contribution in [0, 0.1) is 0 Å². The fourth-order valence-corrected chi connectivity index (χ4v) is 4.75. The number of thioether (sulfide) groups is 1. The zero-order valence-corrected chi connectivity index (χ0v) is 15.1. The summed E-state index contributed by atoms with van der Waals surface area (Å²) < 4.78 is 1.31. The molecule has 0 spiro atoms. The Hall–Kier alpha value is -2.45. The SMILES string of the molecule is CNC(=O)[C@H]1Sc2nc3scc(-c4ccccc4)c3c(=O)n2N=C1C. The maximum atomic E-state index is 13.0. The van der Waals surface area contributed by atoms with E-state index in [4.69, 9.17) is 0 Å². The van der Waals surface area contributed by atoms with Crippen molar-refractivity contribution >= 4 is 44.9 Å². The van der Waals surface area contributed by atoms with Crippen LogP contribution in [0.5, 0.6) is 0 Å². The molecule has 0 fully saturated rings. The normalized spacial score (nSPS) is 16.4. The van der Waals surface area contributed by atoms with Crippen molar-refractivity contribution in [3.8, 4) is 11.1 Å². The van der Waals surface area contributed by atoms with Crippen LogP contribution < -0.4 is 10.9 Å². The van der Waals surface area contributed by atoms with Crippen LogP contribution >= 0.6 is 23.1 Å². The number of hydrogen-bond donors (Lipinski definition) is 1. The number of hydrogen-bond acceptors (Lipinski definition) is 6. The average Bonchev–Trinajstić information content (AvgIpc) is 3.06. The molecule has 8 heteroatoms. The van der Waals surface area contributed by atoms with E-state index in [9.17, 15) is 9.59 Å². The van der Waals surface area contributed by atoms with Crippen molar-refractivity contribution in [3.63, 3.8) is 0 Å². The van der Waals surface area contributed by atoms with E-state index in [1.807, 2.05) is 35.7 Å². The first-order valence-corrected chi connectivity index (χ1v) is 9.39. The van der Waals surface area contributed by atoms with E-state index in [0.717, 1.165) is 11.1 Å². The molecule has 0 saturated carbocycles. The van der Waals surface area contributed by atoms with Crippen molar-refractivity contribution in [1.29, 1.82) is 0 Å². The van der Waals surface area contributed by atoms with Gasteiger partial charge in [-0.05, 0) is 12.5 Å². The van der Waals surface area contributed by atoms with Crippen LogP contribution in [0.2, 0.25) is 0 Å². The van der Waals surface area contributed by atoms with E-state index in [1.165, 1.54) is 27.8 Å². The molecule has 0 saturated heterocycles. The topological polar surface area (TPSA) is 76.3 Å². The smallest absolute Gasteiger partial charge is 0.284 e. The second-order valence-electron chi connectivity index (χ2n) is 5.56. The van der Waals surface area contributed by atoms with Crippen LogP contribution in [0.1, 0.15) is 6.92 Å². The molecule has 0 bridgehead atoms. The zero-order chi connectivity index (χ0) is 17.6. The van der Waals surface area contributed by atoms with Gasteiger partial charge in [0.25, 0.3) is 5.56 Å². The lowest BCUT2D eigenvalue weighted by atomic mass is 10.1. The third-order valence-electron chi connectivity index (χ3n) is 3.99. The summed E-state index contributed by atoms with van der Waals surface area (Å²) in [6.07, 6.45) is 0. The lowest BCUT2D eigenvalue weighted by molar-refractivity contribution is -0.119. The number of fused-ring (bicyclic) bond motifs is 2. The fraction of sp³-hybridized carbons (Fsp3) is 0.176. The Kier molecular flexibility index (Phi) is 3.93. The van der Waals surface area contributed by atoms with E-state index in [0.29, 0.717) is 21.1 Å². The number of nitrogens with one attached hydrogen (secondary N) is 1. The minimum absolute atomic E-state index is 0.150. The lowest BCUT2D eigenvalue weighted by Gasteiger charge is -2.20. The van der Waals surface area contributed by atoms with Gasteiger partial charge in [0, 0.05) is 18.0 Å². The minimum Gasteiger partial charge on any atom is -0.358 e. The van der Waals surface area contributed by atoms with Gasteiger partial charge in [-0.15, -0.1) is 11.3 Å². The summed E-state index contributed by atoms with van der Waals surface area (Å²) in [6.45, 7) is 1.75. The predicted molar refractivity (Wildman–Crippen MR) is 102 cm³/mol. The number of carbonyl (C=O) groups is 1. The van der Waals surface area contributed by atoms with Crippen molar-refractivity contribution in [2.45, 2.75) is 17.3 Å². The molecule has 3 aromatic rings. The van der Waals surface area contributed by atoms with E-state index in [1.54, 1.807) is 14.0 Å². The first-order chi connectivity index (χ1) is 12.1. The van der Waals surface area contributed by atoms with Crippen molar-refractivity contribution in [3.05, 3.63) is 46.1 Å². The number of benzene rings is 1. The van der Waals surface area contributed by atoms with Gasteiger partial charge < -0.3 is 5.32 Å². The van der Waals surface area contributed by atoms with Crippen LogP contribution in [0.25, 0.3) is 21.3 Å². The molecule has 1 aromatic carbocycles. The van der Waals surface area contributed by atoms with Crippen molar-refractivity contribution in [1.82, 2.24) is 15.0 Å². The van der Waals surface area contributed by atoms with E-state index >= 15 is 0 Å². The minimum atomic E-state index is -0.470. The molecular formula is C17H14N4O2S2. The summed E-state index contributed by atoms with van der Waals surface area (Å²) in [5.41, 5.74) is 2.21. The first-order valence-electron chi connectivity index (χ1n) is 7.63. The van der Waals surface area contributed by atoms with Gasteiger partial charge >= 0.3 is 0 Å². The Labute approximate surface area is 151 Å². The molecule has 1 aliphatic heterocycles. The van der Waals surface area contributed by atoms with Gasteiger partial charge in [0.2, 0.25) is 5.91 Å². The molecule has 1 atom stereocenters. The van der Waals surface area contributed by atoms with Crippen LogP contribution in [-0.4, -0.2) is 33.6 Å².